The van der Waals surface area contributed by atoms with E-state index in [1.807, 2.05) is 0 Å². The number of ether oxygens (including phenoxy) is 1. The van der Waals surface area contributed by atoms with Crippen molar-refractivity contribution in [3.05, 3.63) is 29.6 Å². The van der Waals surface area contributed by atoms with E-state index in [0.29, 0.717) is 25.3 Å². The van der Waals surface area contributed by atoms with Crippen LogP contribution in [0.1, 0.15) is 17.3 Å². The second-order valence-corrected chi connectivity index (χ2v) is 4.30. The van der Waals surface area contributed by atoms with Crippen LogP contribution in [-0.2, 0) is 4.74 Å². The van der Waals surface area contributed by atoms with Crippen molar-refractivity contribution >= 4 is 11.5 Å². The third kappa shape index (κ3) is 2.37. The molecule has 0 saturated carbocycles. The largest absolute Gasteiger partial charge is 0.394 e. The molecular weight excluding hydrogens is 237 g/mol. The lowest BCUT2D eigenvalue weighted by Crippen LogP contribution is -2.48. The highest BCUT2D eigenvalue weighted by Gasteiger charge is 2.27. The lowest BCUT2D eigenvalue weighted by atomic mass is 10.1. The number of Topliss-reactive ketones (excluding diaryl/α,β-unsaturated/α-hetero) is 1. The molecular formula is C13H16FNO3. The van der Waals surface area contributed by atoms with Crippen LogP contribution in [0.25, 0.3) is 0 Å². The third-order valence-corrected chi connectivity index (χ3v) is 3.09. The number of benzene rings is 1. The van der Waals surface area contributed by atoms with Gasteiger partial charge in [0.2, 0.25) is 0 Å². The summed E-state index contributed by atoms with van der Waals surface area (Å²) < 4.78 is 19.2. The van der Waals surface area contributed by atoms with Gasteiger partial charge in [0, 0.05) is 12.1 Å². The van der Waals surface area contributed by atoms with Crippen LogP contribution in [0.3, 0.4) is 0 Å². The van der Waals surface area contributed by atoms with Gasteiger partial charge in [0.15, 0.2) is 5.78 Å². The van der Waals surface area contributed by atoms with Gasteiger partial charge in [0.25, 0.3) is 0 Å². The fourth-order valence-corrected chi connectivity index (χ4v) is 2.19. The summed E-state index contributed by atoms with van der Waals surface area (Å²) in [6, 6.07) is 4.13. The Kier molecular flexibility index (Phi) is 3.93. The Morgan fingerprint density at radius 1 is 1.61 bits per heavy atom. The summed E-state index contributed by atoms with van der Waals surface area (Å²) in [6.45, 7) is 2.54. The molecule has 2 rings (SSSR count). The van der Waals surface area contributed by atoms with Gasteiger partial charge in [-0.2, -0.15) is 0 Å². The number of morpholine rings is 1. The summed E-state index contributed by atoms with van der Waals surface area (Å²) >= 11 is 0. The van der Waals surface area contributed by atoms with E-state index in [1.54, 1.807) is 11.0 Å². The molecule has 1 saturated heterocycles. The summed E-state index contributed by atoms with van der Waals surface area (Å²) in [5.41, 5.74) is 0.614. The summed E-state index contributed by atoms with van der Waals surface area (Å²) in [7, 11) is 0. The maximum atomic E-state index is 14.0. The van der Waals surface area contributed by atoms with E-state index in [4.69, 9.17) is 4.74 Å². The normalized spacial score (nSPS) is 19.9. The maximum absolute atomic E-state index is 14.0. The molecule has 0 amide bonds. The number of ketones is 1. The zero-order chi connectivity index (χ0) is 13.1. The SMILES string of the molecule is CC(=O)c1cccc(F)c1N1CCOCC1CO. The van der Waals surface area contributed by atoms with Gasteiger partial charge in [-0.15, -0.1) is 0 Å². The van der Waals surface area contributed by atoms with Gasteiger partial charge in [0.05, 0.1) is 31.5 Å². The number of carbonyl (C=O) groups is 1. The first-order valence-electron chi connectivity index (χ1n) is 5.90. The number of nitrogens with zero attached hydrogens (tertiary/aromatic N) is 1. The molecule has 0 bridgehead atoms. The topological polar surface area (TPSA) is 49.8 Å². The van der Waals surface area contributed by atoms with Crippen LogP contribution in [0.5, 0.6) is 0 Å². The Morgan fingerprint density at radius 2 is 2.39 bits per heavy atom. The van der Waals surface area contributed by atoms with Crippen LogP contribution in [0, 0.1) is 5.82 Å². The monoisotopic (exact) mass is 253 g/mol. The molecule has 5 heteroatoms. The first-order valence-corrected chi connectivity index (χ1v) is 5.90. The Morgan fingerprint density at radius 3 is 3.06 bits per heavy atom. The molecule has 4 nitrogen and oxygen atoms in total. The highest BCUT2D eigenvalue weighted by atomic mass is 19.1. The minimum Gasteiger partial charge on any atom is -0.394 e. The van der Waals surface area contributed by atoms with E-state index >= 15 is 0 Å². The van der Waals surface area contributed by atoms with Crippen molar-refractivity contribution in [3.63, 3.8) is 0 Å². The number of anilines is 1. The third-order valence-electron chi connectivity index (χ3n) is 3.09. The van der Waals surface area contributed by atoms with Crippen molar-refractivity contribution in [1.82, 2.24) is 0 Å². The van der Waals surface area contributed by atoms with Gasteiger partial charge >= 0.3 is 0 Å². The number of hydrogen-bond acceptors (Lipinski definition) is 4. The zero-order valence-electron chi connectivity index (χ0n) is 10.2. The van der Waals surface area contributed by atoms with Gasteiger partial charge < -0.3 is 14.7 Å². The first-order chi connectivity index (χ1) is 8.65. The van der Waals surface area contributed by atoms with E-state index < -0.39 is 5.82 Å². The van der Waals surface area contributed by atoms with Crippen molar-refractivity contribution in [1.29, 1.82) is 0 Å². The van der Waals surface area contributed by atoms with E-state index in [0.717, 1.165) is 0 Å². The molecule has 1 N–H and O–H groups in total. The van der Waals surface area contributed by atoms with Crippen molar-refractivity contribution in [2.75, 3.05) is 31.3 Å². The smallest absolute Gasteiger partial charge is 0.161 e. The van der Waals surface area contributed by atoms with Crippen LogP contribution in [0.4, 0.5) is 10.1 Å². The molecule has 0 aromatic heterocycles. The van der Waals surface area contributed by atoms with Crippen molar-refractivity contribution in [2.45, 2.75) is 13.0 Å². The predicted octanol–water partition coefficient (Wildman–Crippen LogP) is 1.23. The minimum absolute atomic E-state index is 0.133. The van der Waals surface area contributed by atoms with E-state index in [1.165, 1.54) is 19.1 Å². The second kappa shape index (κ2) is 5.46. The highest BCUT2D eigenvalue weighted by Crippen LogP contribution is 2.28. The molecule has 1 unspecified atom stereocenters. The number of carbonyl (C=O) groups excluding carboxylic acids is 1. The predicted molar refractivity (Wildman–Crippen MR) is 65.4 cm³/mol. The fourth-order valence-electron chi connectivity index (χ4n) is 2.19. The number of rotatable bonds is 3. The molecule has 1 atom stereocenters. The molecule has 0 spiro atoms. The Bertz CT molecular complexity index is 450. The van der Waals surface area contributed by atoms with Crippen LogP contribution < -0.4 is 4.90 Å². The van der Waals surface area contributed by atoms with Gasteiger partial charge in [-0.1, -0.05) is 6.07 Å². The average molecular weight is 253 g/mol. The summed E-state index contributed by atoms with van der Waals surface area (Å²) in [5, 5.41) is 9.31. The van der Waals surface area contributed by atoms with Gasteiger partial charge in [-0.25, -0.2) is 4.39 Å². The summed E-state index contributed by atoms with van der Waals surface area (Å²) in [6.07, 6.45) is 0. The molecule has 0 aliphatic carbocycles. The van der Waals surface area contributed by atoms with E-state index in [-0.39, 0.29) is 24.1 Å². The van der Waals surface area contributed by atoms with Crippen LogP contribution in [0.2, 0.25) is 0 Å². The Balaban J connectivity index is 2.44. The van der Waals surface area contributed by atoms with Crippen LogP contribution >= 0.6 is 0 Å². The first kappa shape index (κ1) is 13.0. The van der Waals surface area contributed by atoms with Crippen LogP contribution in [-0.4, -0.2) is 43.3 Å². The zero-order valence-corrected chi connectivity index (χ0v) is 10.2. The molecule has 1 aliphatic rings. The van der Waals surface area contributed by atoms with Crippen molar-refractivity contribution < 1.29 is 19.0 Å². The number of halogens is 1. The molecule has 0 radical (unpaired) electrons. The number of aliphatic hydroxyl groups excluding tert-OH is 1. The van der Waals surface area contributed by atoms with Gasteiger partial charge in [-0.3, -0.25) is 4.79 Å². The van der Waals surface area contributed by atoms with Gasteiger partial charge in [0.1, 0.15) is 5.82 Å². The van der Waals surface area contributed by atoms with Crippen LogP contribution in [0.15, 0.2) is 18.2 Å². The Hall–Kier alpha value is -1.46. The number of para-hydroxylation sites is 1. The standard InChI is InChI=1S/C13H16FNO3/c1-9(17)11-3-2-4-12(14)13(11)15-5-6-18-8-10(15)7-16/h2-4,10,16H,5-8H2,1H3. The van der Waals surface area contributed by atoms with Crippen molar-refractivity contribution in [2.24, 2.45) is 0 Å². The molecule has 1 heterocycles. The fraction of sp³-hybridized carbons (Fsp3) is 0.462. The van der Waals surface area contributed by atoms with E-state index in [2.05, 4.69) is 0 Å². The van der Waals surface area contributed by atoms with Gasteiger partial charge in [-0.05, 0) is 19.1 Å². The maximum Gasteiger partial charge on any atom is 0.161 e. The lowest BCUT2D eigenvalue weighted by Gasteiger charge is -2.37. The number of hydrogen-bond donors (Lipinski definition) is 1. The molecule has 1 aromatic rings. The summed E-state index contributed by atoms with van der Waals surface area (Å²) in [4.78, 5) is 13.3. The lowest BCUT2D eigenvalue weighted by molar-refractivity contribution is 0.0721. The highest BCUT2D eigenvalue weighted by molar-refractivity contribution is 5.99. The average Bonchev–Trinajstić information content (AvgIpc) is 2.38. The van der Waals surface area contributed by atoms with Crippen molar-refractivity contribution in [3.8, 4) is 0 Å². The molecule has 98 valence electrons. The second-order valence-electron chi connectivity index (χ2n) is 4.30. The quantitative estimate of drug-likeness (QED) is 0.823. The molecule has 18 heavy (non-hydrogen) atoms. The molecule has 1 aliphatic heterocycles. The Labute approximate surface area is 105 Å². The molecule has 1 fully saturated rings. The minimum atomic E-state index is -0.442. The molecule has 1 aromatic carbocycles. The number of aliphatic hydroxyl groups is 1. The summed E-state index contributed by atoms with van der Waals surface area (Å²) in [5.74, 6) is -0.629. The van der Waals surface area contributed by atoms with E-state index in [9.17, 15) is 14.3 Å².